The van der Waals surface area contributed by atoms with Gasteiger partial charge in [0.1, 0.15) is 0 Å². The lowest BCUT2D eigenvalue weighted by molar-refractivity contribution is -0.192. The second-order valence-corrected chi connectivity index (χ2v) is 6.05. The van der Waals surface area contributed by atoms with E-state index in [1.165, 1.54) is 7.11 Å². The third kappa shape index (κ3) is 6.26. The molecule has 9 nitrogen and oxygen atoms in total. The maximum Gasteiger partial charge on any atom is 0.490 e. The SMILES string of the molecule is COc1ccc(C(=O)Nc2ccc(-n3cnc(C)c3C)cc2)nn1.O=C(O)C(F)(F)F. The lowest BCUT2D eigenvalue weighted by Crippen LogP contribution is -2.21. The number of benzene rings is 1. The predicted octanol–water partition coefficient (Wildman–Crippen LogP) is 3.17. The zero-order chi connectivity index (χ0) is 23.2. The number of hydrogen-bond donors (Lipinski definition) is 2. The van der Waals surface area contributed by atoms with Crippen LogP contribution in [0.25, 0.3) is 5.69 Å². The molecule has 0 fully saturated rings. The Morgan fingerprint density at radius 2 is 1.68 bits per heavy atom. The molecule has 164 valence electrons. The third-order valence-corrected chi connectivity index (χ3v) is 3.98. The summed E-state index contributed by atoms with van der Waals surface area (Å²) in [5.74, 6) is -2.72. The number of rotatable bonds is 4. The molecule has 3 rings (SSSR count). The number of carbonyl (C=O) groups is 2. The van der Waals surface area contributed by atoms with E-state index in [1.807, 2.05) is 42.7 Å². The number of ether oxygens (including phenoxy) is 1. The quantitative estimate of drug-likeness (QED) is 0.643. The Morgan fingerprint density at radius 3 is 2.10 bits per heavy atom. The molecule has 2 N–H and O–H groups in total. The number of methoxy groups -OCH3 is 1. The average Bonchev–Trinajstić information content (AvgIpc) is 3.07. The smallest absolute Gasteiger partial charge is 0.480 e. The molecule has 1 aromatic carbocycles. The molecule has 3 aromatic rings. The summed E-state index contributed by atoms with van der Waals surface area (Å²) in [6.07, 6.45) is -3.30. The average molecular weight is 437 g/mol. The van der Waals surface area contributed by atoms with E-state index in [0.29, 0.717) is 11.6 Å². The molecule has 0 spiro atoms. The van der Waals surface area contributed by atoms with Gasteiger partial charge in [-0.2, -0.15) is 13.2 Å². The van der Waals surface area contributed by atoms with E-state index in [2.05, 4.69) is 20.5 Å². The van der Waals surface area contributed by atoms with Gasteiger partial charge < -0.3 is 19.7 Å². The largest absolute Gasteiger partial charge is 0.490 e. The molecule has 2 aromatic heterocycles. The number of nitrogens with zero attached hydrogens (tertiary/aromatic N) is 4. The maximum absolute atomic E-state index is 12.2. The molecule has 0 atom stereocenters. The van der Waals surface area contributed by atoms with Crippen molar-refractivity contribution < 1.29 is 32.6 Å². The molecule has 31 heavy (non-hydrogen) atoms. The van der Waals surface area contributed by atoms with Crippen LogP contribution in [-0.2, 0) is 4.79 Å². The topological polar surface area (TPSA) is 119 Å². The lowest BCUT2D eigenvalue weighted by atomic mass is 10.2. The van der Waals surface area contributed by atoms with Crippen molar-refractivity contribution in [3.05, 3.63) is 59.8 Å². The summed E-state index contributed by atoms with van der Waals surface area (Å²) in [6, 6.07) is 10.7. The van der Waals surface area contributed by atoms with Crippen LogP contribution in [0.1, 0.15) is 21.9 Å². The van der Waals surface area contributed by atoms with E-state index in [-0.39, 0.29) is 11.6 Å². The fourth-order valence-electron chi connectivity index (χ4n) is 2.21. The number of aliphatic carboxylic acids is 1. The summed E-state index contributed by atoms with van der Waals surface area (Å²) in [7, 11) is 1.49. The zero-order valence-corrected chi connectivity index (χ0v) is 16.6. The van der Waals surface area contributed by atoms with Crippen LogP contribution in [0, 0.1) is 13.8 Å². The van der Waals surface area contributed by atoms with Crippen molar-refractivity contribution in [2.45, 2.75) is 20.0 Å². The predicted molar refractivity (Wildman–Crippen MR) is 103 cm³/mol. The van der Waals surface area contributed by atoms with Crippen LogP contribution in [0.5, 0.6) is 5.88 Å². The van der Waals surface area contributed by atoms with Gasteiger partial charge in [-0.15, -0.1) is 10.2 Å². The van der Waals surface area contributed by atoms with Crippen LogP contribution in [0.15, 0.2) is 42.7 Å². The van der Waals surface area contributed by atoms with Gasteiger partial charge in [0, 0.05) is 23.1 Å². The number of imidazole rings is 1. The number of carboxylic acid groups (broad SMARTS) is 1. The maximum atomic E-state index is 12.2. The number of aromatic nitrogens is 4. The molecular formula is C19H18F3N5O4. The van der Waals surface area contributed by atoms with Gasteiger partial charge in [-0.05, 0) is 44.2 Å². The minimum absolute atomic E-state index is 0.223. The Morgan fingerprint density at radius 1 is 1.06 bits per heavy atom. The van der Waals surface area contributed by atoms with Crippen LogP contribution in [-0.4, -0.2) is 50.0 Å². The van der Waals surface area contributed by atoms with Gasteiger partial charge in [0.15, 0.2) is 5.69 Å². The van der Waals surface area contributed by atoms with E-state index in [9.17, 15) is 18.0 Å². The Kier molecular flexibility index (Phi) is 7.29. The number of aryl methyl sites for hydroxylation is 1. The van der Waals surface area contributed by atoms with Crippen LogP contribution < -0.4 is 10.1 Å². The van der Waals surface area contributed by atoms with Crippen LogP contribution in [0.3, 0.4) is 0 Å². The summed E-state index contributed by atoms with van der Waals surface area (Å²) >= 11 is 0. The van der Waals surface area contributed by atoms with Gasteiger partial charge in [-0.3, -0.25) is 4.79 Å². The first-order valence-electron chi connectivity index (χ1n) is 8.63. The van der Waals surface area contributed by atoms with Crippen molar-refractivity contribution in [1.29, 1.82) is 0 Å². The molecule has 0 aliphatic heterocycles. The molecule has 0 saturated heterocycles. The van der Waals surface area contributed by atoms with E-state index in [1.54, 1.807) is 18.5 Å². The highest BCUT2D eigenvalue weighted by Crippen LogP contribution is 2.17. The Balaban J connectivity index is 0.000000423. The normalized spacial score (nSPS) is 10.6. The standard InChI is InChI=1S/C17H17N5O2.C2HF3O2/c1-11-12(2)22(10-18-11)14-6-4-13(5-7-14)19-17(23)15-8-9-16(24-3)21-20-15;3-2(4,5)1(6)7/h4-10H,1-3H3,(H,19,23);(H,6,7). The summed E-state index contributed by atoms with van der Waals surface area (Å²) < 4.78 is 38.7. The second kappa shape index (κ2) is 9.69. The highest BCUT2D eigenvalue weighted by atomic mass is 19.4. The van der Waals surface area contributed by atoms with Gasteiger partial charge in [0.05, 0.1) is 19.1 Å². The number of halogens is 3. The van der Waals surface area contributed by atoms with Crippen molar-refractivity contribution in [3.63, 3.8) is 0 Å². The number of alkyl halides is 3. The molecule has 0 saturated carbocycles. The number of anilines is 1. The fourth-order valence-corrected chi connectivity index (χ4v) is 2.21. The van der Waals surface area contributed by atoms with Crippen LogP contribution in [0.2, 0.25) is 0 Å². The molecule has 2 heterocycles. The fraction of sp³-hybridized carbons (Fsp3) is 0.211. The molecule has 0 radical (unpaired) electrons. The number of amides is 1. The van der Waals surface area contributed by atoms with Gasteiger partial charge in [0.2, 0.25) is 5.88 Å². The lowest BCUT2D eigenvalue weighted by Gasteiger charge is -2.08. The van der Waals surface area contributed by atoms with Crippen LogP contribution >= 0.6 is 0 Å². The second-order valence-electron chi connectivity index (χ2n) is 6.05. The highest BCUT2D eigenvalue weighted by Gasteiger charge is 2.38. The Bertz CT molecular complexity index is 1050. The van der Waals surface area contributed by atoms with Gasteiger partial charge in [0.25, 0.3) is 5.91 Å². The highest BCUT2D eigenvalue weighted by molar-refractivity contribution is 6.02. The van der Waals surface area contributed by atoms with E-state index in [0.717, 1.165) is 17.1 Å². The van der Waals surface area contributed by atoms with Crippen LogP contribution in [0.4, 0.5) is 18.9 Å². The summed E-state index contributed by atoms with van der Waals surface area (Å²) in [5.41, 5.74) is 3.96. The van der Waals surface area contributed by atoms with E-state index >= 15 is 0 Å². The van der Waals surface area contributed by atoms with Crippen molar-refractivity contribution in [3.8, 4) is 11.6 Å². The summed E-state index contributed by atoms with van der Waals surface area (Å²) in [4.78, 5) is 25.3. The number of carboxylic acids is 1. The molecule has 12 heteroatoms. The van der Waals surface area contributed by atoms with E-state index < -0.39 is 12.1 Å². The van der Waals surface area contributed by atoms with Gasteiger partial charge in [-0.1, -0.05) is 0 Å². The van der Waals surface area contributed by atoms with Gasteiger partial charge in [-0.25, -0.2) is 9.78 Å². The van der Waals surface area contributed by atoms with Crippen molar-refractivity contribution in [1.82, 2.24) is 19.7 Å². The first-order valence-corrected chi connectivity index (χ1v) is 8.63. The minimum Gasteiger partial charge on any atom is -0.480 e. The zero-order valence-electron chi connectivity index (χ0n) is 16.6. The molecule has 0 bridgehead atoms. The molecular weight excluding hydrogens is 419 g/mol. The first kappa shape index (κ1) is 23.3. The van der Waals surface area contributed by atoms with Crippen molar-refractivity contribution in [2.24, 2.45) is 0 Å². The Labute approximate surface area is 174 Å². The van der Waals surface area contributed by atoms with E-state index in [4.69, 9.17) is 14.6 Å². The number of nitrogens with one attached hydrogen (secondary N) is 1. The van der Waals surface area contributed by atoms with Gasteiger partial charge >= 0.3 is 12.1 Å². The number of carbonyl (C=O) groups excluding carboxylic acids is 1. The molecule has 0 aliphatic carbocycles. The number of hydrogen-bond acceptors (Lipinski definition) is 6. The summed E-state index contributed by atoms with van der Waals surface area (Å²) in [6.45, 7) is 3.98. The van der Waals surface area contributed by atoms with Crippen molar-refractivity contribution in [2.75, 3.05) is 12.4 Å². The van der Waals surface area contributed by atoms with Crippen molar-refractivity contribution >= 4 is 17.6 Å². The monoisotopic (exact) mass is 437 g/mol. The summed E-state index contributed by atoms with van der Waals surface area (Å²) in [5, 5.41) is 17.5. The third-order valence-electron chi connectivity index (χ3n) is 3.98. The molecule has 0 aliphatic rings. The minimum atomic E-state index is -5.08. The first-order chi connectivity index (χ1) is 14.5. The molecule has 1 amide bonds. The Hall–Kier alpha value is -3.96. The molecule has 0 unspecified atom stereocenters.